The van der Waals surface area contributed by atoms with Crippen LogP contribution in [-0.2, 0) is 22.1 Å². The molecule has 0 saturated carbocycles. The van der Waals surface area contributed by atoms with Crippen molar-refractivity contribution >= 4 is 16.9 Å². The number of nitrogens with one attached hydrogen (secondary N) is 1. The Morgan fingerprint density at radius 1 is 1.32 bits per heavy atom. The average molecular weight is 271 g/mol. The Labute approximate surface area is 107 Å². The van der Waals surface area contributed by atoms with Gasteiger partial charge < -0.3 is 9.72 Å². The second kappa shape index (κ2) is 4.95. The number of esters is 1. The number of methoxy groups -OCH3 is 1. The van der Waals surface area contributed by atoms with Gasteiger partial charge in [0.2, 0.25) is 0 Å². The van der Waals surface area contributed by atoms with Gasteiger partial charge in [-0.15, -0.1) is 0 Å². The van der Waals surface area contributed by atoms with E-state index in [2.05, 4.69) is 9.72 Å². The molecule has 0 aliphatic carbocycles. The molecule has 0 bridgehead atoms. The van der Waals surface area contributed by atoms with E-state index in [4.69, 9.17) is 0 Å². The van der Waals surface area contributed by atoms with Gasteiger partial charge in [-0.1, -0.05) is 6.07 Å². The number of hydrogen-bond acceptors (Lipinski definition) is 2. The number of fused-ring (bicyclic) bond motifs is 1. The molecule has 19 heavy (non-hydrogen) atoms. The molecule has 0 fully saturated rings. The fraction of sp³-hybridized carbons (Fsp3) is 0.308. The maximum atomic E-state index is 12.5. The quantitative estimate of drug-likeness (QED) is 0.870. The number of alkyl halides is 3. The van der Waals surface area contributed by atoms with Crippen molar-refractivity contribution in [3.8, 4) is 0 Å². The van der Waals surface area contributed by atoms with Gasteiger partial charge in [-0.25, -0.2) is 0 Å². The molecule has 0 aliphatic rings. The van der Waals surface area contributed by atoms with E-state index in [1.807, 2.05) is 0 Å². The van der Waals surface area contributed by atoms with Gasteiger partial charge in [0.15, 0.2) is 0 Å². The molecule has 1 aromatic heterocycles. The average Bonchev–Trinajstić information content (AvgIpc) is 2.76. The Hall–Kier alpha value is -1.98. The van der Waals surface area contributed by atoms with Gasteiger partial charge >= 0.3 is 12.1 Å². The monoisotopic (exact) mass is 271 g/mol. The van der Waals surface area contributed by atoms with E-state index in [-0.39, 0.29) is 12.4 Å². The first-order valence-electron chi connectivity index (χ1n) is 5.66. The highest BCUT2D eigenvalue weighted by atomic mass is 19.4. The van der Waals surface area contributed by atoms with Crippen LogP contribution in [0.25, 0.3) is 10.9 Å². The molecule has 0 radical (unpaired) electrons. The van der Waals surface area contributed by atoms with E-state index in [0.29, 0.717) is 23.0 Å². The normalized spacial score (nSPS) is 11.8. The Balaban J connectivity index is 2.23. The topological polar surface area (TPSA) is 42.1 Å². The van der Waals surface area contributed by atoms with E-state index in [1.165, 1.54) is 13.2 Å². The van der Waals surface area contributed by atoms with Crippen LogP contribution in [-0.4, -0.2) is 18.1 Å². The van der Waals surface area contributed by atoms with Crippen LogP contribution in [0.4, 0.5) is 13.2 Å². The number of aryl methyl sites for hydroxylation is 1. The lowest BCUT2D eigenvalue weighted by molar-refractivity contribution is -0.140. The summed E-state index contributed by atoms with van der Waals surface area (Å²) < 4.78 is 42.1. The van der Waals surface area contributed by atoms with Crippen molar-refractivity contribution in [2.75, 3.05) is 7.11 Å². The summed E-state index contributed by atoms with van der Waals surface area (Å²) in [4.78, 5) is 13.9. The molecule has 0 aliphatic heterocycles. The number of aromatic nitrogens is 1. The molecule has 2 rings (SSSR count). The van der Waals surface area contributed by atoms with E-state index in [0.717, 1.165) is 12.1 Å². The SMILES string of the molecule is COC(=O)CCc1cc2ccc(C(F)(F)F)cc2[nH]1. The molecule has 2 aromatic rings. The number of hydrogen-bond donors (Lipinski definition) is 1. The van der Waals surface area contributed by atoms with Crippen molar-refractivity contribution in [1.29, 1.82) is 0 Å². The van der Waals surface area contributed by atoms with Crippen molar-refractivity contribution in [3.05, 3.63) is 35.5 Å². The van der Waals surface area contributed by atoms with Gasteiger partial charge in [0.25, 0.3) is 0 Å². The Morgan fingerprint density at radius 2 is 2.05 bits per heavy atom. The molecular formula is C13H12F3NO2. The van der Waals surface area contributed by atoms with Crippen LogP contribution in [0.2, 0.25) is 0 Å². The number of carbonyl (C=O) groups is 1. The highest BCUT2D eigenvalue weighted by Gasteiger charge is 2.30. The fourth-order valence-corrected chi connectivity index (χ4v) is 1.84. The van der Waals surface area contributed by atoms with Crippen molar-refractivity contribution in [2.24, 2.45) is 0 Å². The van der Waals surface area contributed by atoms with Crippen LogP contribution in [0.1, 0.15) is 17.7 Å². The number of carbonyl (C=O) groups excluding carboxylic acids is 1. The molecule has 0 atom stereocenters. The summed E-state index contributed by atoms with van der Waals surface area (Å²) in [6, 6.07) is 5.26. The molecule has 1 heterocycles. The van der Waals surface area contributed by atoms with Crippen molar-refractivity contribution in [1.82, 2.24) is 4.98 Å². The van der Waals surface area contributed by atoms with Crippen molar-refractivity contribution < 1.29 is 22.7 Å². The molecule has 6 heteroatoms. The molecule has 102 valence electrons. The molecule has 0 amide bonds. The molecule has 3 nitrogen and oxygen atoms in total. The second-order valence-corrected chi connectivity index (χ2v) is 4.17. The maximum absolute atomic E-state index is 12.5. The van der Waals surface area contributed by atoms with Crippen LogP contribution < -0.4 is 0 Å². The number of benzene rings is 1. The predicted molar refractivity (Wildman–Crippen MR) is 63.6 cm³/mol. The number of halogens is 3. The highest BCUT2D eigenvalue weighted by molar-refractivity contribution is 5.81. The molecular weight excluding hydrogens is 259 g/mol. The molecule has 1 N–H and O–H groups in total. The minimum Gasteiger partial charge on any atom is -0.469 e. The largest absolute Gasteiger partial charge is 0.469 e. The third-order valence-electron chi connectivity index (χ3n) is 2.83. The van der Waals surface area contributed by atoms with Gasteiger partial charge in [0.05, 0.1) is 19.1 Å². The van der Waals surface area contributed by atoms with Crippen LogP contribution in [0, 0.1) is 0 Å². The molecule has 0 saturated heterocycles. The highest BCUT2D eigenvalue weighted by Crippen LogP contribution is 2.31. The maximum Gasteiger partial charge on any atom is 0.416 e. The lowest BCUT2D eigenvalue weighted by atomic mass is 10.1. The summed E-state index contributed by atoms with van der Waals surface area (Å²) in [5.74, 6) is -0.352. The third kappa shape index (κ3) is 3.07. The van der Waals surface area contributed by atoms with E-state index in [9.17, 15) is 18.0 Å². The summed E-state index contributed by atoms with van der Waals surface area (Å²) in [5, 5.41) is 0.688. The van der Waals surface area contributed by atoms with Gasteiger partial charge in [0, 0.05) is 11.2 Å². The summed E-state index contributed by atoms with van der Waals surface area (Å²) in [6.07, 6.45) is -3.76. The van der Waals surface area contributed by atoms with Crippen LogP contribution in [0.5, 0.6) is 0 Å². The lowest BCUT2D eigenvalue weighted by Crippen LogP contribution is -2.04. The van der Waals surface area contributed by atoms with Crippen molar-refractivity contribution in [2.45, 2.75) is 19.0 Å². The minimum absolute atomic E-state index is 0.190. The standard InChI is InChI=1S/C13H12F3NO2/c1-19-12(18)5-4-10-6-8-2-3-9(13(14,15)16)7-11(8)17-10/h2-3,6-7,17H,4-5H2,1H3. The van der Waals surface area contributed by atoms with Crippen LogP contribution >= 0.6 is 0 Å². The zero-order valence-electron chi connectivity index (χ0n) is 10.2. The van der Waals surface area contributed by atoms with Gasteiger partial charge in [-0.2, -0.15) is 13.2 Å². The predicted octanol–water partition coefficient (Wildman–Crippen LogP) is 3.29. The first-order valence-corrected chi connectivity index (χ1v) is 5.66. The Morgan fingerprint density at radius 3 is 2.68 bits per heavy atom. The van der Waals surface area contributed by atoms with E-state index < -0.39 is 11.7 Å². The number of ether oxygens (including phenoxy) is 1. The van der Waals surface area contributed by atoms with Gasteiger partial charge in [0.1, 0.15) is 0 Å². The first kappa shape index (κ1) is 13.5. The van der Waals surface area contributed by atoms with Gasteiger partial charge in [-0.05, 0) is 30.0 Å². The van der Waals surface area contributed by atoms with E-state index >= 15 is 0 Å². The van der Waals surface area contributed by atoms with Gasteiger partial charge in [-0.3, -0.25) is 4.79 Å². The number of rotatable bonds is 3. The third-order valence-corrected chi connectivity index (χ3v) is 2.83. The number of aromatic amines is 1. The lowest BCUT2D eigenvalue weighted by Gasteiger charge is -2.05. The fourth-order valence-electron chi connectivity index (χ4n) is 1.84. The van der Waals surface area contributed by atoms with Crippen molar-refractivity contribution in [3.63, 3.8) is 0 Å². The summed E-state index contributed by atoms with van der Waals surface area (Å²) in [7, 11) is 1.29. The Kier molecular flexibility index (Phi) is 3.50. The molecule has 0 spiro atoms. The van der Waals surface area contributed by atoms with Crippen LogP contribution in [0.3, 0.4) is 0 Å². The van der Waals surface area contributed by atoms with Crippen LogP contribution in [0.15, 0.2) is 24.3 Å². The smallest absolute Gasteiger partial charge is 0.416 e. The zero-order valence-corrected chi connectivity index (χ0v) is 10.2. The molecule has 0 unspecified atom stereocenters. The van der Waals surface area contributed by atoms with E-state index in [1.54, 1.807) is 6.07 Å². The first-order chi connectivity index (χ1) is 8.90. The second-order valence-electron chi connectivity index (χ2n) is 4.17. The number of H-pyrrole nitrogens is 1. The summed E-state index contributed by atoms with van der Waals surface area (Å²) in [6.45, 7) is 0. The summed E-state index contributed by atoms with van der Waals surface area (Å²) >= 11 is 0. The Bertz CT molecular complexity index is 601. The summed E-state index contributed by atoms with van der Waals surface area (Å²) in [5.41, 5.74) is 0.427. The molecule has 1 aromatic carbocycles. The zero-order chi connectivity index (χ0) is 14.0. The minimum atomic E-state index is -4.36.